The molecule has 0 saturated carbocycles. The lowest BCUT2D eigenvalue weighted by Crippen LogP contribution is -2.13. The number of halogens is 2. The van der Waals surface area contributed by atoms with Crippen LogP contribution in [0.5, 0.6) is 5.75 Å². The molecule has 0 spiro atoms. The lowest BCUT2D eigenvalue weighted by atomic mass is 10.1. The van der Waals surface area contributed by atoms with E-state index in [-0.39, 0.29) is 5.91 Å². The zero-order valence-corrected chi connectivity index (χ0v) is 17.7. The van der Waals surface area contributed by atoms with Crippen LogP contribution in [-0.4, -0.2) is 17.5 Å². The molecule has 2 aromatic carbocycles. The maximum atomic E-state index is 12.7. The van der Waals surface area contributed by atoms with Crippen LogP contribution >= 0.6 is 34.5 Å². The zero-order valence-electron chi connectivity index (χ0n) is 15.4. The van der Waals surface area contributed by atoms with Crippen molar-refractivity contribution in [2.75, 3.05) is 11.9 Å². The van der Waals surface area contributed by atoms with Gasteiger partial charge in [-0.05, 0) is 42.3 Å². The van der Waals surface area contributed by atoms with Crippen molar-refractivity contribution in [3.63, 3.8) is 0 Å². The molecule has 1 aromatic heterocycles. The maximum absolute atomic E-state index is 12.7. The van der Waals surface area contributed by atoms with Crippen LogP contribution in [0.3, 0.4) is 0 Å². The first-order valence-electron chi connectivity index (χ1n) is 8.98. The molecule has 4 nitrogen and oxygen atoms in total. The maximum Gasteiger partial charge on any atom is 0.261 e. The van der Waals surface area contributed by atoms with Crippen molar-refractivity contribution in [1.82, 2.24) is 4.98 Å². The first kappa shape index (κ1) is 20.6. The number of aromatic nitrogens is 1. The van der Waals surface area contributed by atoms with Crippen molar-refractivity contribution in [3.05, 3.63) is 74.7 Å². The van der Waals surface area contributed by atoms with E-state index < -0.39 is 0 Å². The van der Waals surface area contributed by atoms with Crippen LogP contribution in [0.25, 0.3) is 0 Å². The second kappa shape index (κ2) is 9.92. The van der Waals surface area contributed by atoms with Crippen LogP contribution in [-0.2, 0) is 6.42 Å². The van der Waals surface area contributed by atoms with Gasteiger partial charge < -0.3 is 4.74 Å². The number of amides is 1. The van der Waals surface area contributed by atoms with Crippen molar-refractivity contribution in [2.45, 2.75) is 26.2 Å². The van der Waals surface area contributed by atoms with Crippen LogP contribution in [0.15, 0.2) is 48.7 Å². The summed E-state index contributed by atoms with van der Waals surface area (Å²) >= 11 is 13.7. The number of nitrogens with zero attached hydrogens (tertiary/aromatic N) is 1. The second-order valence-corrected chi connectivity index (χ2v) is 8.16. The fourth-order valence-corrected chi connectivity index (χ4v) is 3.79. The molecule has 0 aliphatic rings. The molecule has 7 heteroatoms. The molecule has 1 N–H and O–H groups in total. The molecule has 1 amide bonds. The van der Waals surface area contributed by atoms with E-state index in [1.807, 2.05) is 18.2 Å². The molecular weight excluding hydrogens is 415 g/mol. The van der Waals surface area contributed by atoms with Gasteiger partial charge in [-0.1, -0.05) is 48.7 Å². The van der Waals surface area contributed by atoms with Crippen molar-refractivity contribution >= 4 is 45.6 Å². The van der Waals surface area contributed by atoms with Gasteiger partial charge in [-0.15, -0.1) is 11.3 Å². The summed E-state index contributed by atoms with van der Waals surface area (Å²) in [5.74, 6) is 0.338. The summed E-state index contributed by atoms with van der Waals surface area (Å²) in [6, 6.07) is 12.6. The SMILES string of the molecule is CCCCOc1ccccc1C(=O)Nc1ncc(Cc2cc(Cl)ccc2Cl)s1. The predicted molar refractivity (Wildman–Crippen MR) is 116 cm³/mol. The Morgan fingerprint density at radius 2 is 2.04 bits per heavy atom. The molecule has 0 aliphatic carbocycles. The molecule has 0 radical (unpaired) electrons. The van der Waals surface area contributed by atoms with E-state index >= 15 is 0 Å². The van der Waals surface area contributed by atoms with Crippen LogP contribution in [0.1, 0.15) is 40.6 Å². The smallest absolute Gasteiger partial charge is 0.261 e. The lowest BCUT2D eigenvalue weighted by molar-refractivity contribution is 0.102. The van der Waals surface area contributed by atoms with E-state index in [9.17, 15) is 4.79 Å². The molecule has 0 bridgehead atoms. The number of ether oxygens (including phenoxy) is 1. The van der Waals surface area contributed by atoms with Gasteiger partial charge in [0.1, 0.15) is 5.75 Å². The average Bonchev–Trinajstić information content (AvgIpc) is 3.12. The Bertz CT molecular complexity index is 959. The highest BCUT2D eigenvalue weighted by Gasteiger charge is 2.14. The highest BCUT2D eigenvalue weighted by atomic mass is 35.5. The number of hydrogen-bond acceptors (Lipinski definition) is 4. The minimum Gasteiger partial charge on any atom is -0.493 e. The van der Waals surface area contributed by atoms with Crippen molar-refractivity contribution in [3.8, 4) is 5.75 Å². The summed E-state index contributed by atoms with van der Waals surface area (Å²) in [6.07, 6.45) is 4.32. The number of nitrogens with one attached hydrogen (secondary N) is 1. The number of anilines is 1. The largest absolute Gasteiger partial charge is 0.493 e. The van der Waals surface area contributed by atoms with E-state index in [4.69, 9.17) is 27.9 Å². The third kappa shape index (κ3) is 5.47. The minimum atomic E-state index is -0.242. The number of rotatable bonds is 8. The topological polar surface area (TPSA) is 51.2 Å². The van der Waals surface area contributed by atoms with Gasteiger partial charge in [0.05, 0.1) is 12.2 Å². The molecule has 0 saturated heterocycles. The summed E-state index contributed by atoms with van der Waals surface area (Å²) < 4.78 is 5.74. The number of hydrogen-bond donors (Lipinski definition) is 1. The lowest BCUT2D eigenvalue weighted by Gasteiger charge is -2.10. The molecular formula is C21H20Cl2N2O2S. The number of unbranched alkanes of at least 4 members (excludes halogenated alkanes) is 1. The Morgan fingerprint density at radius 1 is 1.21 bits per heavy atom. The highest BCUT2D eigenvalue weighted by Crippen LogP contribution is 2.28. The molecule has 0 aliphatic heterocycles. The Kier molecular flexibility index (Phi) is 7.31. The number of thiazole rings is 1. The molecule has 3 rings (SSSR count). The second-order valence-electron chi connectivity index (χ2n) is 6.20. The molecule has 3 aromatic rings. The molecule has 0 fully saturated rings. The van der Waals surface area contributed by atoms with Gasteiger partial charge in [0.2, 0.25) is 0 Å². The highest BCUT2D eigenvalue weighted by molar-refractivity contribution is 7.15. The van der Waals surface area contributed by atoms with Gasteiger partial charge in [0.15, 0.2) is 5.13 Å². The van der Waals surface area contributed by atoms with Gasteiger partial charge >= 0.3 is 0 Å². The Balaban J connectivity index is 1.68. The zero-order chi connectivity index (χ0) is 19.9. The van der Waals surface area contributed by atoms with Crippen LogP contribution in [0, 0.1) is 0 Å². The van der Waals surface area contributed by atoms with Gasteiger partial charge in [-0.25, -0.2) is 4.98 Å². The van der Waals surface area contributed by atoms with E-state index in [0.717, 1.165) is 23.3 Å². The van der Waals surface area contributed by atoms with Gasteiger partial charge in [0, 0.05) is 27.5 Å². The van der Waals surface area contributed by atoms with Gasteiger partial charge in [-0.3, -0.25) is 10.1 Å². The number of para-hydroxylation sites is 1. The van der Waals surface area contributed by atoms with Crippen LogP contribution < -0.4 is 10.1 Å². The molecule has 28 heavy (non-hydrogen) atoms. The number of benzene rings is 2. The van der Waals surface area contributed by atoms with E-state index in [1.54, 1.807) is 30.5 Å². The Morgan fingerprint density at radius 3 is 2.86 bits per heavy atom. The fourth-order valence-electron chi connectivity index (χ4n) is 2.58. The third-order valence-electron chi connectivity index (χ3n) is 4.03. The monoisotopic (exact) mass is 434 g/mol. The van der Waals surface area contributed by atoms with E-state index in [2.05, 4.69) is 17.2 Å². The first-order chi connectivity index (χ1) is 13.6. The standard InChI is InChI=1S/C21H20Cl2N2O2S/c1-2-3-10-27-19-7-5-4-6-17(19)20(26)25-21-24-13-16(28-21)12-14-11-15(22)8-9-18(14)23/h4-9,11,13H,2-3,10,12H2,1H3,(H,24,25,26). The van der Waals surface area contributed by atoms with Crippen LogP contribution in [0.4, 0.5) is 5.13 Å². The predicted octanol–water partition coefficient (Wildman–Crippen LogP) is 6.47. The molecule has 146 valence electrons. The normalized spacial score (nSPS) is 10.7. The number of carbonyl (C=O) groups is 1. The summed E-state index contributed by atoms with van der Waals surface area (Å²) in [7, 11) is 0. The van der Waals surface area contributed by atoms with E-state index in [1.165, 1.54) is 11.3 Å². The molecule has 1 heterocycles. The fraction of sp³-hybridized carbons (Fsp3) is 0.238. The van der Waals surface area contributed by atoms with Crippen molar-refractivity contribution in [2.24, 2.45) is 0 Å². The summed E-state index contributed by atoms with van der Waals surface area (Å²) in [4.78, 5) is 18.0. The number of carbonyl (C=O) groups excluding carboxylic acids is 1. The third-order valence-corrected chi connectivity index (χ3v) is 5.55. The van der Waals surface area contributed by atoms with Crippen molar-refractivity contribution < 1.29 is 9.53 Å². The summed E-state index contributed by atoms with van der Waals surface area (Å²) in [5, 5.41) is 4.67. The summed E-state index contributed by atoms with van der Waals surface area (Å²) in [5.41, 5.74) is 1.42. The molecule has 0 atom stereocenters. The Labute approximate surface area is 178 Å². The van der Waals surface area contributed by atoms with Crippen molar-refractivity contribution in [1.29, 1.82) is 0 Å². The minimum absolute atomic E-state index is 0.242. The average molecular weight is 435 g/mol. The quantitative estimate of drug-likeness (QED) is 0.413. The van der Waals surface area contributed by atoms with Gasteiger partial charge in [0.25, 0.3) is 5.91 Å². The summed E-state index contributed by atoms with van der Waals surface area (Å²) in [6.45, 7) is 2.68. The molecule has 0 unspecified atom stereocenters. The van der Waals surface area contributed by atoms with Gasteiger partial charge in [-0.2, -0.15) is 0 Å². The van der Waals surface area contributed by atoms with Crippen LogP contribution in [0.2, 0.25) is 10.0 Å². The van der Waals surface area contributed by atoms with E-state index in [0.29, 0.717) is 39.5 Å². The Hall–Kier alpha value is -2.08. The first-order valence-corrected chi connectivity index (χ1v) is 10.6.